The maximum absolute atomic E-state index is 8.78. The van der Waals surface area contributed by atoms with Gasteiger partial charge in [0.05, 0.1) is 5.38 Å². The smallest absolute Gasteiger partial charge is 0.311 e. The summed E-state index contributed by atoms with van der Waals surface area (Å²) in [7, 11) is 0. The number of hydrogen-bond donors (Lipinski definition) is 3. The third-order valence-electron chi connectivity index (χ3n) is 1.65. The molecule has 3 nitrogen and oxygen atoms in total. The summed E-state index contributed by atoms with van der Waals surface area (Å²) in [6.45, 7) is 1.94. The molecule has 0 aromatic rings. The molecule has 0 bridgehead atoms. The van der Waals surface area contributed by atoms with E-state index in [0.717, 1.165) is 12.8 Å². The van der Waals surface area contributed by atoms with Crippen LogP contribution >= 0.6 is 34.8 Å². The van der Waals surface area contributed by atoms with Crippen LogP contribution in [-0.2, 0) is 0 Å². The minimum Gasteiger partial charge on any atom is -0.341 e. The van der Waals surface area contributed by atoms with Crippen LogP contribution in [0.25, 0.3) is 0 Å². The first-order valence-electron chi connectivity index (χ1n) is 3.92. The van der Waals surface area contributed by atoms with Crippen LogP contribution in [0.1, 0.15) is 26.2 Å². The van der Waals surface area contributed by atoms with Crippen molar-refractivity contribution in [3.05, 3.63) is 0 Å². The third kappa shape index (κ3) is 3.78. The fraction of sp³-hybridized carbons (Fsp3) is 1.00. The molecule has 1 atom stereocenters. The summed E-state index contributed by atoms with van der Waals surface area (Å²) in [5, 5.41) is 25.4. The monoisotopic (exact) mass is 250 g/mol. The van der Waals surface area contributed by atoms with Crippen molar-refractivity contribution < 1.29 is 15.3 Å². The second-order valence-electron chi connectivity index (χ2n) is 2.87. The molecule has 0 amide bonds. The average molecular weight is 252 g/mol. The van der Waals surface area contributed by atoms with Crippen LogP contribution in [0.15, 0.2) is 0 Å². The van der Waals surface area contributed by atoms with Gasteiger partial charge in [-0.15, -0.1) is 11.6 Å². The summed E-state index contributed by atoms with van der Waals surface area (Å²) in [6.07, 6.45) is 2.02. The lowest BCUT2D eigenvalue weighted by Crippen LogP contribution is -2.51. The molecule has 13 heavy (non-hydrogen) atoms. The Kier molecular flexibility index (Phi) is 5.30. The van der Waals surface area contributed by atoms with Gasteiger partial charge in [0, 0.05) is 0 Å². The lowest BCUT2D eigenvalue weighted by Gasteiger charge is -2.32. The van der Waals surface area contributed by atoms with E-state index in [-0.39, 0.29) is 0 Å². The van der Waals surface area contributed by atoms with Crippen molar-refractivity contribution in [2.75, 3.05) is 0 Å². The average Bonchev–Trinajstić information content (AvgIpc) is 1.97. The van der Waals surface area contributed by atoms with Crippen molar-refractivity contribution in [1.82, 2.24) is 0 Å². The highest BCUT2D eigenvalue weighted by Gasteiger charge is 2.51. The summed E-state index contributed by atoms with van der Waals surface area (Å²) < 4.78 is -2.18. The molecule has 0 aliphatic heterocycles. The zero-order valence-electron chi connectivity index (χ0n) is 7.17. The zero-order chi connectivity index (χ0) is 10.7. The maximum Gasteiger partial charge on any atom is 0.311 e. The number of alkyl halides is 3. The molecule has 3 N–H and O–H groups in total. The summed E-state index contributed by atoms with van der Waals surface area (Å²) in [5.74, 6) is -3.18. The van der Waals surface area contributed by atoms with Crippen molar-refractivity contribution in [1.29, 1.82) is 0 Å². The Morgan fingerprint density at radius 3 is 2.00 bits per heavy atom. The van der Waals surface area contributed by atoms with Gasteiger partial charge in [0.15, 0.2) is 0 Å². The van der Waals surface area contributed by atoms with Gasteiger partial charge in [-0.05, 0) is 6.42 Å². The second kappa shape index (κ2) is 5.01. The minimum absolute atomic E-state index is 0.397. The van der Waals surface area contributed by atoms with E-state index < -0.39 is 15.7 Å². The van der Waals surface area contributed by atoms with Crippen LogP contribution in [0.2, 0.25) is 0 Å². The Bertz CT molecular complexity index is 156. The number of hydrogen-bond acceptors (Lipinski definition) is 3. The quantitative estimate of drug-likeness (QED) is 0.514. The molecule has 0 aliphatic carbocycles. The first kappa shape index (κ1) is 13.8. The third-order valence-corrected chi connectivity index (χ3v) is 3.45. The van der Waals surface area contributed by atoms with Gasteiger partial charge in [-0.2, -0.15) is 0 Å². The molecule has 0 rings (SSSR count). The molecule has 0 fully saturated rings. The molecule has 0 spiro atoms. The largest absolute Gasteiger partial charge is 0.341 e. The van der Waals surface area contributed by atoms with Gasteiger partial charge in [0.1, 0.15) is 0 Å². The number of halogens is 3. The molecular weight excluding hydrogens is 238 g/mol. The van der Waals surface area contributed by atoms with E-state index in [1.807, 2.05) is 6.92 Å². The van der Waals surface area contributed by atoms with E-state index in [4.69, 9.17) is 50.1 Å². The van der Waals surface area contributed by atoms with E-state index in [1.165, 1.54) is 0 Å². The molecule has 0 radical (unpaired) electrons. The number of aliphatic hydroxyl groups is 3. The molecule has 0 heterocycles. The zero-order valence-corrected chi connectivity index (χ0v) is 9.44. The fourth-order valence-corrected chi connectivity index (χ4v) is 1.29. The lowest BCUT2D eigenvalue weighted by molar-refractivity contribution is -0.319. The Morgan fingerprint density at radius 2 is 1.69 bits per heavy atom. The van der Waals surface area contributed by atoms with Crippen molar-refractivity contribution in [3.8, 4) is 0 Å². The Labute approximate surface area is 92.2 Å². The second-order valence-corrected chi connectivity index (χ2v) is 4.78. The van der Waals surface area contributed by atoms with Crippen molar-refractivity contribution >= 4 is 34.8 Å². The van der Waals surface area contributed by atoms with E-state index >= 15 is 0 Å². The van der Waals surface area contributed by atoms with Crippen LogP contribution in [0.5, 0.6) is 0 Å². The molecule has 0 aromatic heterocycles. The maximum atomic E-state index is 8.78. The van der Waals surface area contributed by atoms with Crippen LogP contribution in [0, 0.1) is 0 Å². The van der Waals surface area contributed by atoms with Crippen molar-refractivity contribution in [2.24, 2.45) is 0 Å². The first-order valence-corrected chi connectivity index (χ1v) is 5.11. The van der Waals surface area contributed by atoms with E-state index in [0.29, 0.717) is 6.42 Å². The van der Waals surface area contributed by atoms with Crippen LogP contribution in [0.3, 0.4) is 0 Å². The van der Waals surface area contributed by atoms with Gasteiger partial charge < -0.3 is 15.3 Å². The minimum atomic E-state index is -3.18. The van der Waals surface area contributed by atoms with Gasteiger partial charge in [-0.3, -0.25) is 0 Å². The van der Waals surface area contributed by atoms with Gasteiger partial charge in [-0.1, -0.05) is 43.0 Å². The highest BCUT2D eigenvalue weighted by molar-refractivity contribution is 6.52. The highest BCUT2D eigenvalue weighted by Crippen LogP contribution is 2.39. The summed E-state index contributed by atoms with van der Waals surface area (Å²) in [6, 6.07) is 0. The van der Waals surface area contributed by atoms with Gasteiger partial charge in [-0.25, -0.2) is 0 Å². The normalized spacial score (nSPS) is 15.9. The first-order chi connectivity index (χ1) is 5.73. The van der Waals surface area contributed by atoms with Crippen LogP contribution in [-0.4, -0.2) is 31.0 Å². The van der Waals surface area contributed by atoms with Gasteiger partial charge in [0.2, 0.25) is 4.33 Å². The SMILES string of the molecule is CCCCC(Cl)C(Cl)(Cl)C(O)(O)O. The van der Waals surface area contributed by atoms with Crippen molar-refractivity contribution in [3.63, 3.8) is 0 Å². The number of unbranched alkanes of at least 4 members (excludes halogenated alkanes) is 1. The molecule has 0 saturated heterocycles. The Morgan fingerprint density at radius 1 is 1.23 bits per heavy atom. The van der Waals surface area contributed by atoms with Gasteiger partial charge >= 0.3 is 5.97 Å². The molecule has 0 saturated carbocycles. The van der Waals surface area contributed by atoms with E-state index in [2.05, 4.69) is 0 Å². The Hall–Kier alpha value is 0.750. The van der Waals surface area contributed by atoms with Crippen LogP contribution < -0.4 is 0 Å². The van der Waals surface area contributed by atoms with Crippen molar-refractivity contribution in [2.45, 2.75) is 41.9 Å². The summed E-state index contributed by atoms with van der Waals surface area (Å²) in [5.41, 5.74) is 0. The molecule has 80 valence electrons. The van der Waals surface area contributed by atoms with E-state index in [9.17, 15) is 0 Å². The molecule has 6 heteroatoms. The predicted octanol–water partition coefficient (Wildman–Crippen LogP) is 1.59. The molecule has 0 aromatic carbocycles. The predicted molar refractivity (Wildman–Crippen MR) is 53.0 cm³/mol. The standard InChI is InChI=1S/C7H13Cl3O3/c1-2-3-4-5(8)6(9,10)7(11,12)13/h5,11-13H,2-4H2,1H3. The van der Waals surface area contributed by atoms with Gasteiger partial charge in [0.25, 0.3) is 0 Å². The molecular formula is C7H13Cl3O3. The molecule has 0 aliphatic rings. The Balaban J connectivity index is 4.27. The molecule has 1 unspecified atom stereocenters. The summed E-state index contributed by atoms with van der Waals surface area (Å²) >= 11 is 16.7. The summed E-state index contributed by atoms with van der Waals surface area (Å²) in [4.78, 5) is 0. The topological polar surface area (TPSA) is 60.7 Å². The van der Waals surface area contributed by atoms with Crippen LogP contribution in [0.4, 0.5) is 0 Å². The lowest BCUT2D eigenvalue weighted by atomic mass is 10.1. The van der Waals surface area contributed by atoms with E-state index in [1.54, 1.807) is 0 Å². The number of rotatable bonds is 5. The highest BCUT2D eigenvalue weighted by atomic mass is 35.5. The fourth-order valence-electron chi connectivity index (χ4n) is 0.775.